The van der Waals surface area contributed by atoms with E-state index in [1.807, 2.05) is 0 Å². The summed E-state index contributed by atoms with van der Waals surface area (Å²) in [6.45, 7) is 5.59. The molecule has 0 aromatic heterocycles. The largest absolute Gasteiger partial charge is 0.463 e. The summed E-state index contributed by atoms with van der Waals surface area (Å²) in [7, 11) is 1.38. The summed E-state index contributed by atoms with van der Waals surface area (Å²) in [4.78, 5) is 33.9. The Bertz CT molecular complexity index is 450. The first-order chi connectivity index (χ1) is 11.3. The molecular formula is C15H24O9. The Labute approximate surface area is 140 Å². The normalized spacial score (nSPS) is 29.6. The van der Waals surface area contributed by atoms with Crippen LogP contribution in [-0.4, -0.2) is 68.9 Å². The van der Waals surface area contributed by atoms with Crippen molar-refractivity contribution in [1.29, 1.82) is 0 Å². The third-order valence-corrected chi connectivity index (χ3v) is 3.25. The minimum atomic E-state index is -0.948. The van der Waals surface area contributed by atoms with E-state index in [0.29, 0.717) is 0 Å². The maximum absolute atomic E-state index is 11.4. The van der Waals surface area contributed by atoms with Crippen LogP contribution in [0.3, 0.4) is 0 Å². The topological polar surface area (TPSA) is 107 Å². The molecule has 1 heterocycles. The molecule has 0 spiro atoms. The van der Waals surface area contributed by atoms with Crippen molar-refractivity contribution < 1.29 is 42.8 Å². The molecule has 138 valence electrons. The molecule has 1 saturated heterocycles. The highest BCUT2D eigenvalue weighted by Crippen LogP contribution is 2.29. The Kier molecular flexibility index (Phi) is 8.09. The summed E-state index contributed by atoms with van der Waals surface area (Å²) in [6, 6.07) is 0. The lowest BCUT2D eigenvalue weighted by Gasteiger charge is -2.44. The molecule has 1 rings (SSSR count). The number of carbonyl (C=O) groups is 3. The minimum absolute atomic E-state index is 0.163. The van der Waals surface area contributed by atoms with Crippen molar-refractivity contribution in [3.05, 3.63) is 0 Å². The van der Waals surface area contributed by atoms with Gasteiger partial charge in [0, 0.05) is 34.5 Å². The van der Waals surface area contributed by atoms with Gasteiger partial charge in [0.25, 0.3) is 0 Å². The summed E-state index contributed by atoms with van der Waals surface area (Å²) < 4.78 is 32.0. The highest BCUT2D eigenvalue weighted by molar-refractivity contribution is 5.67. The molecule has 0 aromatic carbocycles. The first-order valence-corrected chi connectivity index (χ1v) is 7.57. The molecule has 5 atom stereocenters. The van der Waals surface area contributed by atoms with Crippen LogP contribution in [0.15, 0.2) is 0 Å². The van der Waals surface area contributed by atoms with Crippen LogP contribution in [0.2, 0.25) is 0 Å². The fourth-order valence-electron chi connectivity index (χ4n) is 2.43. The SMILES string of the molecule is CCOC1OC(COC(C)=O)C(OC(C)=O)C(OC)C1OC(C)=O. The lowest BCUT2D eigenvalue weighted by atomic mass is 9.98. The van der Waals surface area contributed by atoms with E-state index < -0.39 is 48.6 Å². The highest BCUT2D eigenvalue weighted by atomic mass is 16.7. The van der Waals surface area contributed by atoms with Gasteiger partial charge in [-0.25, -0.2) is 0 Å². The van der Waals surface area contributed by atoms with Crippen molar-refractivity contribution in [2.24, 2.45) is 0 Å². The van der Waals surface area contributed by atoms with Gasteiger partial charge in [0.05, 0.1) is 0 Å². The van der Waals surface area contributed by atoms with Gasteiger partial charge in [0.2, 0.25) is 0 Å². The van der Waals surface area contributed by atoms with Gasteiger partial charge in [-0.05, 0) is 6.92 Å². The number of rotatable bonds is 7. The Balaban J connectivity index is 3.07. The predicted octanol–water partition coefficient (Wildman–Crippen LogP) is 0.189. The van der Waals surface area contributed by atoms with E-state index in [1.165, 1.54) is 27.9 Å². The highest BCUT2D eigenvalue weighted by Gasteiger charge is 2.51. The molecule has 1 fully saturated rings. The molecule has 0 amide bonds. The van der Waals surface area contributed by atoms with Crippen LogP contribution < -0.4 is 0 Å². The van der Waals surface area contributed by atoms with Crippen LogP contribution in [0.4, 0.5) is 0 Å². The number of methoxy groups -OCH3 is 1. The van der Waals surface area contributed by atoms with Gasteiger partial charge >= 0.3 is 17.9 Å². The first-order valence-electron chi connectivity index (χ1n) is 7.57. The second-order valence-electron chi connectivity index (χ2n) is 5.15. The molecule has 0 N–H and O–H groups in total. The average molecular weight is 348 g/mol. The van der Waals surface area contributed by atoms with E-state index in [2.05, 4.69) is 0 Å². The van der Waals surface area contributed by atoms with Crippen molar-refractivity contribution in [2.45, 2.75) is 58.4 Å². The monoisotopic (exact) mass is 348 g/mol. The molecular weight excluding hydrogens is 324 g/mol. The number of hydrogen-bond acceptors (Lipinski definition) is 9. The second-order valence-corrected chi connectivity index (χ2v) is 5.15. The zero-order valence-electron chi connectivity index (χ0n) is 14.5. The van der Waals surface area contributed by atoms with Gasteiger partial charge in [0.15, 0.2) is 18.5 Å². The van der Waals surface area contributed by atoms with Gasteiger partial charge < -0.3 is 28.4 Å². The smallest absolute Gasteiger partial charge is 0.303 e. The zero-order valence-corrected chi connectivity index (χ0v) is 14.5. The molecule has 1 aliphatic heterocycles. The fourth-order valence-corrected chi connectivity index (χ4v) is 2.43. The van der Waals surface area contributed by atoms with Crippen LogP contribution in [0.1, 0.15) is 27.7 Å². The van der Waals surface area contributed by atoms with Crippen LogP contribution >= 0.6 is 0 Å². The molecule has 0 aromatic rings. The molecule has 0 aliphatic carbocycles. The first kappa shape index (κ1) is 20.3. The average Bonchev–Trinajstić information content (AvgIpc) is 2.47. The second kappa shape index (κ2) is 9.55. The Hall–Kier alpha value is -1.71. The molecule has 1 aliphatic rings. The summed E-state index contributed by atoms with van der Waals surface area (Å²) in [5, 5.41) is 0. The van der Waals surface area contributed by atoms with E-state index in [1.54, 1.807) is 6.92 Å². The van der Waals surface area contributed by atoms with E-state index in [0.717, 1.165) is 0 Å². The van der Waals surface area contributed by atoms with Crippen LogP contribution in [0.25, 0.3) is 0 Å². The number of hydrogen-bond donors (Lipinski definition) is 0. The van der Waals surface area contributed by atoms with Gasteiger partial charge in [-0.3, -0.25) is 14.4 Å². The van der Waals surface area contributed by atoms with Gasteiger partial charge in [-0.1, -0.05) is 0 Å². The van der Waals surface area contributed by atoms with E-state index in [4.69, 9.17) is 28.4 Å². The minimum Gasteiger partial charge on any atom is -0.463 e. The molecule has 0 saturated carbocycles. The molecule has 0 radical (unpaired) electrons. The molecule has 0 bridgehead atoms. The number of carbonyl (C=O) groups excluding carboxylic acids is 3. The van der Waals surface area contributed by atoms with E-state index in [9.17, 15) is 14.4 Å². The van der Waals surface area contributed by atoms with Gasteiger partial charge in [-0.2, -0.15) is 0 Å². The zero-order chi connectivity index (χ0) is 18.3. The molecule has 5 unspecified atom stereocenters. The fraction of sp³-hybridized carbons (Fsp3) is 0.800. The van der Waals surface area contributed by atoms with Gasteiger partial charge in [0.1, 0.15) is 18.8 Å². The van der Waals surface area contributed by atoms with E-state index in [-0.39, 0.29) is 13.2 Å². The summed E-state index contributed by atoms with van der Waals surface area (Å²) >= 11 is 0. The van der Waals surface area contributed by atoms with Crippen molar-refractivity contribution in [2.75, 3.05) is 20.3 Å². The quantitative estimate of drug-likeness (QED) is 0.470. The predicted molar refractivity (Wildman–Crippen MR) is 78.8 cm³/mol. The third-order valence-electron chi connectivity index (χ3n) is 3.25. The Morgan fingerprint density at radius 3 is 1.96 bits per heavy atom. The molecule has 9 nitrogen and oxygen atoms in total. The molecule has 24 heavy (non-hydrogen) atoms. The number of esters is 3. The Morgan fingerprint density at radius 2 is 1.50 bits per heavy atom. The van der Waals surface area contributed by atoms with Crippen LogP contribution in [-0.2, 0) is 42.8 Å². The van der Waals surface area contributed by atoms with Crippen LogP contribution in [0.5, 0.6) is 0 Å². The van der Waals surface area contributed by atoms with Crippen molar-refractivity contribution in [3.63, 3.8) is 0 Å². The maximum atomic E-state index is 11.4. The number of ether oxygens (including phenoxy) is 6. The van der Waals surface area contributed by atoms with Crippen molar-refractivity contribution >= 4 is 17.9 Å². The standard InChI is InChI=1S/C15H24O9/c1-6-20-15-14(23-10(4)18)13(19-5)12(22-9(3)17)11(24-15)7-21-8(2)16/h11-15H,6-7H2,1-5H3. The van der Waals surface area contributed by atoms with Gasteiger partial charge in [-0.15, -0.1) is 0 Å². The summed E-state index contributed by atoms with van der Waals surface area (Å²) in [5.74, 6) is -1.64. The maximum Gasteiger partial charge on any atom is 0.303 e. The Morgan fingerprint density at radius 1 is 0.917 bits per heavy atom. The van der Waals surface area contributed by atoms with Crippen molar-refractivity contribution in [1.82, 2.24) is 0 Å². The van der Waals surface area contributed by atoms with E-state index >= 15 is 0 Å². The molecule has 9 heteroatoms. The lowest BCUT2D eigenvalue weighted by Crippen LogP contribution is -2.62. The third kappa shape index (κ3) is 5.73. The van der Waals surface area contributed by atoms with Crippen molar-refractivity contribution in [3.8, 4) is 0 Å². The lowest BCUT2D eigenvalue weighted by molar-refractivity contribution is -0.308. The summed E-state index contributed by atoms with van der Waals surface area (Å²) in [6.07, 6.45) is -4.50. The summed E-state index contributed by atoms with van der Waals surface area (Å²) in [5.41, 5.74) is 0. The van der Waals surface area contributed by atoms with Crippen LogP contribution in [0, 0.1) is 0 Å².